The Bertz CT molecular complexity index is 534. The third-order valence-electron chi connectivity index (χ3n) is 3.78. The fourth-order valence-electron chi connectivity index (χ4n) is 2.08. The molecule has 2 N–H and O–H groups in total. The van der Waals surface area contributed by atoms with Crippen LogP contribution in [0.2, 0.25) is 0 Å². The van der Waals surface area contributed by atoms with Crippen LogP contribution in [0.15, 0.2) is 34.9 Å². The smallest absolute Gasteiger partial charge is 0.226 e. The lowest BCUT2D eigenvalue weighted by atomic mass is 9.84. The molecule has 1 atom stereocenters. The SMILES string of the molecule is CC(CN)CCc1nc(C(C)(C)c2ccccc2)no1. The predicted molar refractivity (Wildman–Crippen MR) is 79.4 cm³/mol. The second kappa shape index (κ2) is 6.18. The van der Waals surface area contributed by atoms with Gasteiger partial charge in [-0.25, -0.2) is 0 Å². The molecule has 1 aromatic carbocycles. The molecule has 1 unspecified atom stereocenters. The number of hydrogen-bond donors (Lipinski definition) is 1. The molecule has 0 aliphatic rings. The maximum absolute atomic E-state index is 5.62. The molecule has 1 heterocycles. The Balaban J connectivity index is 2.12. The van der Waals surface area contributed by atoms with Gasteiger partial charge < -0.3 is 10.3 Å². The average Bonchev–Trinajstić information content (AvgIpc) is 2.95. The van der Waals surface area contributed by atoms with E-state index in [9.17, 15) is 0 Å². The van der Waals surface area contributed by atoms with E-state index >= 15 is 0 Å². The molecule has 0 aliphatic heterocycles. The van der Waals surface area contributed by atoms with E-state index in [1.54, 1.807) is 0 Å². The summed E-state index contributed by atoms with van der Waals surface area (Å²) in [4.78, 5) is 4.55. The molecular formula is C16H23N3O. The van der Waals surface area contributed by atoms with Gasteiger partial charge in [-0.1, -0.05) is 42.4 Å². The third-order valence-corrected chi connectivity index (χ3v) is 3.78. The topological polar surface area (TPSA) is 64.9 Å². The number of nitrogens with zero attached hydrogens (tertiary/aromatic N) is 2. The van der Waals surface area contributed by atoms with Crippen molar-refractivity contribution in [3.05, 3.63) is 47.6 Å². The standard InChI is InChI=1S/C16H23N3O/c1-12(11-17)9-10-14-18-15(19-20-14)16(2,3)13-7-5-4-6-8-13/h4-8,12H,9-11,17H2,1-3H3. The largest absolute Gasteiger partial charge is 0.339 e. The van der Waals surface area contributed by atoms with Gasteiger partial charge in [-0.15, -0.1) is 0 Å². The van der Waals surface area contributed by atoms with E-state index in [1.165, 1.54) is 5.56 Å². The summed E-state index contributed by atoms with van der Waals surface area (Å²) < 4.78 is 5.37. The van der Waals surface area contributed by atoms with E-state index < -0.39 is 0 Å². The highest BCUT2D eigenvalue weighted by molar-refractivity contribution is 5.30. The first-order valence-electron chi connectivity index (χ1n) is 7.12. The fourth-order valence-corrected chi connectivity index (χ4v) is 2.08. The molecule has 108 valence electrons. The molecule has 4 nitrogen and oxygen atoms in total. The number of benzene rings is 1. The van der Waals surface area contributed by atoms with Crippen molar-refractivity contribution in [2.45, 2.75) is 39.0 Å². The quantitative estimate of drug-likeness (QED) is 0.879. The lowest BCUT2D eigenvalue weighted by Gasteiger charge is -2.20. The van der Waals surface area contributed by atoms with Crippen LogP contribution in [0.5, 0.6) is 0 Å². The third kappa shape index (κ3) is 3.25. The maximum atomic E-state index is 5.62. The fraction of sp³-hybridized carbons (Fsp3) is 0.500. The van der Waals surface area contributed by atoms with Gasteiger partial charge in [0.25, 0.3) is 0 Å². The molecule has 0 aliphatic carbocycles. The van der Waals surface area contributed by atoms with Gasteiger partial charge in [0.2, 0.25) is 5.89 Å². The van der Waals surface area contributed by atoms with Crippen molar-refractivity contribution < 1.29 is 4.52 Å². The first-order chi connectivity index (χ1) is 9.54. The highest BCUT2D eigenvalue weighted by Gasteiger charge is 2.28. The van der Waals surface area contributed by atoms with Crippen molar-refractivity contribution in [1.29, 1.82) is 0 Å². The Morgan fingerprint density at radius 1 is 1.25 bits per heavy atom. The van der Waals surface area contributed by atoms with Gasteiger partial charge >= 0.3 is 0 Å². The summed E-state index contributed by atoms with van der Waals surface area (Å²) in [5.41, 5.74) is 6.56. The number of aromatic nitrogens is 2. The molecule has 4 heteroatoms. The van der Waals surface area contributed by atoms with Crippen molar-refractivity contribution in [3.8, 4) is 0 Å². The van der Waals surface area contributed by atoms with Gasteiger partial charge in [-0.05, 0) is 38.3 Å². The van der Waals surface area contributed by atoms with Crippen molar-refractivity contribution >= 4 is 0 Å². The van der Waals surface area contributed by atoms with Crippen LogP contribution in [-0.4, -0.2) is 16.7 Å². The lowest BCUT2D eigenvalue weighted by Crippen LogP contribution is -2.20. The van der Waals surface area contributed by atoms with Crippen molar-refractivity contribution in [2.75, 3.05) is 6.54 Å². The number of rotatable bonds is 6. The summed E-state index contributed by atoms with van der Waals surface area (Å²) in [6, 6.07) is 10.2. The Kier molecular flexibility index (Phi) is 4.55. The molecule has 20 heavy (non-hydrogen) atoms. The van der Waals surface area contributed by atoms with E-state index in [-0.39, 0.29) is 5.41 Å². The second-order valence-corrected chi connectivity index (χ2v) is 5.88. The maximum Gasteiger partial charge on any atom is 0.226 e. The molecule has 0 radical (unpaired) electrons. The van der Waals surface area contributed by atoms with Gasteiger partial charge in [-0.3, -0.25) is 0 Å². The van der Waals surface area contributed by atoms with Crippen LogP contribution in [0, 0.1) is 5.92 Å². The Morgan fingerprint density at radius 3 is 2.60 bits per heavy atom. The highest BCUT2D eigenvalue weighted by Crippen LogP contribution is 2.29. The van der Waals surface area contributed by atoms with E-state index in [1.807, 2.05) is 18.2 Å². The minimum absolute atomic E-state index is 0.248. The molecule has 0 spiro atoms. The molecular weight excluding hydrogens is 250 g/mol. The van der Waals surface area contributed by atoms with Crippen LogP contribution in [0.25, 0.3) is 0 Å². The first-order valence-corrected chi connectivity index (χ1v) is 7.12. The van der Waals surface area contributed by atoms with Crippen molar-refractivity contribution in [1.82, 2.24) is 10.1 Å². The molecule has 1 aromatic heterocycles. The molecule has 0 fully saturated rings. The Labute approximate surface area is 120 Å². The number of nitrogens with two attached hydrogens (primary N) is 1. The molecule has 0 saturated carbocycles. The second-order valence-electron chi connectivity index (χ2n) is 5.88. The predicted octanol–water partition coefficient (Wildman–Crippen LogP) is 2.92. The summed E-state index contributed by atoms with van der Waals surface area (Å²) in [6.45, 7) is 7.04. The zero-order valence-electron chi connectivity index (χ0n) is 12.5. The molecule has 0 amide bonds. The molecule has 0 saturated heterocycles. The monoisotopic (exact) mass is 273 g/mol. The summed E-state index contributed by atoms with van der Waals surface area (Å²) in [7, 11) is 0. The first kappa shape index (κ1) is 14.7. The van der Waals surface area contributed by atoms with Gasteiger partial charge in [0.15, 0.2) is 5.82 Å². The zero-order chi connectivity index (χ0) is 14.6. The van der Waals surface area contributed by atoms with Gasteiger partial charge in [0.1, 0.15) is 0 Å². The average molecular weight is 273 g/mol. The van der Waals surface area contributed by atoms with Crippen molar-refractivity contribution in [3.63, 3.8) is 0 Å². The zero-order valence-corrected chi connectivity index (χ0v) is 12.5. The van der Waals surface area contributed by atoms with Crippen LogP contribution in [0.1, 0.15) is 44.5 Å². The summed E-state index contributed by atoms with van der Waals surface area (Å²) >= 11 is 0. The molecule has 2 aromatic rings. The molecule has 0 bridgehead atoms. The van der Waals surface area contributed by atoms with Gasteiger partial charge in [0, 0.05) is 6.42 Å². The summed E-state index contributed by atoms with van der Waals surface area (Å²) in [6.07, 6.45) is 1.76. The lowest BCUT2D eigenvalue weighted by molar-refractivity contribution is 0.355. The summed E-state index contributed by atoms with van der Waals surface area (Å²) in [5, 5.41) is 4.15. The van der Waals surface area contributed by atoms with Crippen molar-refractivity contribution in [2.24, 2.45) is 11.7 Å². The van der Waals surface area contributed by atoms with Gasteiger partial charge in [0.05, 0.1) is 5.41 Å². The highest BCUT2D eigenvalue weighted by atomic mass is 16.5. The van der Waals surface area contributed by atoms with E-state index in [2.05, 4.69) is 43.0 Å². The number of hydrogen-bond acceptors (Lipinski definition) is 4. The summed E-state index contributed by atoms with van der Waals surface area (Å²) in [5.74, 6) is 1.91. The minimum Gasteiger partial charge on any atom is -0.339 e. The van der Waals surface area contributed by atoms with Crippen LogP contribution >= 0.6 is 0 Å². The van der Waals surface area contributed by atoms with Crippen LogP contribution in [0.3, 0.4) is 0 Å². The van der Waals surface area contributed by atoms with Crippen LogP contribution in [-0.2, 0) is 11.8 Å². The Morgan fingerprint density at radius 2 is 1.95 bits per heavy atom. The van der Waals surface area contributed by atoms with Crippen LogP contribution < -0.4 is 5.73 Å². The minimum atomic E-state index is -0.248. The van der Waals surface area contributed by atoms with Gasteiger partial charge in [-0.2, -0.15) is 4.98 Å². The van der Waals surface area contributed by atoms with E-state index in [4.69, 9.17) is 10.3 Å². The van der Waals surface area contributed by atoms with Crippen LogP contribution in [0.4, 0.5) is 0 Å². The normalized spacial score (nSPS) is 13.4. The van der Waals surface area contributed by atoms with E-state index in [0.29, 0.717) is 18.4 Å². The molecule has 2 rings (SSSR count). The Hall–Kier alpha value is -1.68. The van der Waals surface area contributed by atoms with E-state index in [0.717, 1.165) is 18.7 Å². The number of aryl methyl sites for hydroxylation is 1.